The molecule has 4 rings (SSSR count). The molecule has 1 aliphatic rings. The summed E-state index contributed by atoms with van der Waals surface area (Å²) in [7, 11) is 1.25. The predicted molar refractivity (Wildman–Crippen MR) is 114 cm³/mol. The number of phenols is 2. The van der Waals surface area contributed by atoms with E-state index in [2.05, 4.69) is 0 Å². The quantitative estimate of drug-likeness (QED) is 0.247. The summed E-state index contributed by atoms with van der Waals surface area (Å²) >= 11 is 0. The van der Waals surface area contributed by atoms with Crippen LogP contribution in [-0.4, -0.2) is 79.5 Å². The third-order valence-corrected chi connectivity index (χ3v) is 5.42. The number of hydrogen-bond donors (Lipinski definition) is 7. The van der Waals surface area contributed by atoms with E-state index < -0.39 is 53.6 Å². The zero-order valence-corrected chi connectivity index (χ0v) is 17.9. The van der Waals surface area contributed by atoms with Crippen molar-refractivity contribution in [3.8, 4) is 40.1 Å². The number of carbonyl (C=O) groups is 1. The van der Waals surface area contributed by atoms with Gasteiger partial charge in [-0.1, -0.05) is 0 Å². The number of fused-ring (bicyclic) bond motifs is 1. The van der Waals surface area contributed by atoms with E-state index in [0.29, 0.717) is 0 Å². The van der Waals surface area contributed by atoms with Crippen LogP contribution in [0.3, 0.4) is 0 Å². The summed E-state index contributed by atoms with van der Waals surface area (Å²) in [5, 5.41) is 68.8. The summed E-state index contributed by atoms with van der Waals surface area (Å²) in [6.45, 7) is 0. The SMILES string of the molecule is COc1cc(-c2oc3cc(O)cc(O)c3c(=O)c2O)ccc1O[C@@H]1O[C@H](C(=O)O)[C@@H](O)[C@H](O)[C@H]1O. The minimum Gasteiger partial charge on any atom is -0.508 e. The van der Waals surface area contributed by atoms with Gasteiger partial charge >= 0.3 is 5.97 Å². The highest BCUT2D eigenvalue weighted by molar-refractivity contribution is 5.88. The fourth-order valence-electron chi connectivity index (χ4n) is 3.65. The molecule has 1 aliphatic heterocycles. The van der Waals surface area contributed by atoms with Gasteiger partial charge in [0, 0.05) is 17.7 Å². The second kappa shape index (κ2) is 8.96. The summed E-state index contributed by atoms with van der Waals surface area (Å²) < 4.78 is 21.3. The minimum atomic E-state index is -1.90. The molecule has 186 valence electrons. The van der Waals surface area contributed by atoms with Crippen molar-refractivity contribution in [2.75, 3.05) is 7.11 Å². The lowest BCUT2D eigenvalue weighted by Crippen LogP contribution is -2.61. The molecule has 0 amide bonds. The molecule has 2 aromatic carbocycles. The molecular formula is C22H20O13. The third-order valence-electron chi connectivity index (χ3n) is 5.42. The largest absolute Gasteiger partial charge is 0.508 e. The predicted octanol–water partition coefficient (Wildman–Crippen LogP) is -0.144. The highest BCUT2D eigenvalue weighted by Gasteiger charge is 2.48. The summed E-state index contributed by atoms with van der Waals surface area (Å²) in [4.78, 5) is 23.9. The van der Waals surface area contributed by atoms with Crippen molar-refractivity contribution in [3.63, 3.8) is 0 Å². The third kappa shape index (κ3) is 4.17. The topological polar surface area (TPSA) is 217 Å². The Balaban J connectivity index is 1.72. The fourth-order valence-corrected chi connectivity index (χ4v) is 3.65. The summed E-state index contributed by atoms with van der Waals surface area (Å²) in [6, 6.07) is 5.85. The molecule has 1 fully saturated rings. The Hall–Kier alpha value is -4.04. The number of carboxylic acids is 1. The van der Waals surface area contributed by atoms with E-state index >= 15 is 0 Å². The van der Waals surface area contributed by atoms with Gasteiger partial charge in [-0.05, 0) is 18.2 Å². The van der Waals surface area contributed by atoms with E-state index in [4.69, 9.17) is 23.7 Å². The molecule has 13 nitrogen and oxygen atoms in total. The van der Waals surface area contributed by atoms with E-state index in [1.54, 1.807) is 0 Å². The average Bonchev–Trinajstić information content (AvgIpc) is 2.81. The second-order valence-electron chi connectivity index (χ2n) is 7.67. The van der Waals surface area contributed by atoms with Crippen LogP contribution in [0.5, 0.6) is 28.7 Å². The number of ether oxygens (including phenoxy) is 3. The van der Waals surface area contributed by atoms with Crippen molar-refractivity contribution in [1.29, 1.82) is 0 Å². The standard InChI is InChI=1S/C22H20O13/c1-32-11-4-7(19-16(27)14(25)13-9(24)5-8(23)6-12(13)33-19)2-3-10(11)34-22-18(29)15(26)17(28)20(35-22)21(30)31/h2-6,15,17-18,20,22-24,26-29H,1H3,(H,30,31)/t15-,17-,18+,20-,22+/m0/s1. The molecule has 1 aromatic heterocycles. The molecule has 0 spiro atoms. The number of rotatable bonds is 5. The number of methoxy groups -OCH3 is 1. The molecule has 5 atom stereocenters. The van der Waals surface area contributed by atoms with Crippen molar-refractivity contribution < 1.29 is 59.2 Å². The van der Waals surface area contributed by atoms with Crippen LogP contribution in [0.1, 0.15) is 0 Å². The minimum absolute atomic E-state index is 0.0355. The number of aliphatic carboxylic acids is 1. The molecule has 1 saturated heterocycles. The summed E-state index contributed by atoms with van der Waals surface area (Å²) in [5.41, 5.74) is -1.05. The van der Waals surface area contributed by atoms with E-state index in [9.17, 15) is 40.2 Å². The highest BCUT2D eigenvalue weighted by Crippen LogP contribution is 2.39. The Bertz CT molecular complexity index is 1350. The first-order chi connectivity index (χ1) is 16.5. The Morgan fingerprint density at radius 3 is 2.34 bits per heavy atom. The van der Waals surface area contributed by atoms with E-state index in [-0.39, 0.29) is 39.5 Å². The average molecular weight is 492 g/mol. The first-order valence-electron chi connectivity index (χ1n) is 10.0. The Kier molecular flexibility index (Phi) is 6.17. The smallest absolute Gasteiger partial charge is 0.335 e. The number of aromatic hydroxyl groups is 3. The maximum absolute atomic E-state index is 12.6. The summed E-state index contributed by atoms with van der Waals surface area (Å²) in [6.07, 6.45) is -9.17. The Labute approximate surface area is 195 Å². The van der Waals surface area contributed by atoms with Gasteiger partial charge in [-0.15, -0.1) is 0 Å². The van der Waals surface area contributed by atoms with Gasteiger partial charge < -0.3 is 54.4 Å². The summed E-state index contributed by atoms with van der Waals surface area (Å²) in [5.74, 6) is -3.84. The molecule has 2 heterocycles. The number of aliphatic hydroxyl groups excluding tert-OH is 3. The van der Waals surface area contributed by atoms with E-state index in [0.717, 1.165) is 12.1 Å². The van der Waals surface area contributed by atoms with Gasteiger partial charge in [-0.25, -0.2) is 4.79 Å². The van der Waals surface area contributed by atoms with Crippen LogP contribution >= 0.6 is 0 Å². The van der Waals surface area contributed by atoms with Crippen molar-refractivity contribution >= 4 is 16.9 Å². The van der Waals surface area contributed by atoms with Crippen LogP contribution in [0, 0.1) is 0 Å². The van der Waals surface area contributed by atoms with Crippen molar-refractivity contribution in [2.45, 2.75) is 30.7 Å². The molecule has 0 radical (unpaired) electrons. The number of hydrogen-bond acceptors (Lipinski definition) is 12. The fraction of sp³-hybridized carbons (Fsp3) is 0.273. The number of benzene rings is 2. The molecular weight excluding hydrogens is 472 g/mol. The molecule has 0 saturated carbocycles. The van der Waals surface area contributed by atoms with Crippen LogP contribution in [0.25, 0.3) is 22.3 Å². The number of carboxylic acid groups (broad SMARTS) is 1. The van der Waals surface area contributed by atoms with Gasteiger partial charge in [0.2, 0.25) is 17.5 Å². The molecule has 13 heteroatoms. The first-order valence-corrected chi connectivity index (χ1v) is 10.0. The van der Waals surface area contributed by atoms with Crippen molar-refractivity contribution in [3.05, 3.63) is 40.6 Å². The van der Waals surface area contributed by atoms with Crippen LogP contribution in [-0.2, 0) is 9.53 Å². The van der Waals surface area contributed by atoms with E-state index in [1.165, 1.54) is 25.3 Å². The van der Waals surface area contributed by atoms with E-state index in [1.807, 2.05) is 0 Å². The molecule has 0 aliphatic carbocycles. The van der Waals surface area contributed by atoms with Gasteiger partial charge in [0.25, 0.3) is 0 Å². The zero-order chi connectivity index (χ0) is 25.6. The lowest BCUT2D eigenvalue weighted by molar-refractivity contribution is -0.271. The monoisotopic (exact) mass is 492 g/mol. The normalized spacial score (nSPS) is 24.3. The van der Waals surface area contributed by atoms with Crippen molar-refractivity contribution in [1.82, 2.24) is 0 Å². The number of aliphatic hydroxyl groups is 3. The first kappa shape index (κ1) is 24.1. The zero-order valence-electron chi connectivity index (χ0n) is 17.9. The molecule has 0 bridgehead atoms. The van der Waals surface area contributed by atoms with Gasteiger partial charge in [0.1, 0.15) is 40.8 Å². The Morgan fingerprint density at radius 2 is 1.69 bits per heavy atom. The Morgan fingerprint density at radius 1 is 0.971 bits per heavy atom. The molecule has 7 N–H and O–H groups in total. The van der Waals surface area contributed by atoms with Gasteiger partial charge in [0.05, 0.1) is 7.11 Å². The van der Waals surface area contributed by atoms with Gasteiger partial charge in [-0.2, -0.15) is 0 Å². The van der Waals surface area contributed by atoms with Crippen molar-refractivity contribution in [2.24, 2.45) is 0 Å². The molecule has 3 aromatic rings. The second-order valence-corrected chi connectivity index (χ2v) is 7.67. The highest BCUT2D eigenvalue weighted by atomic mass is 16.7. The van der Waals surface area contributed by atoms with Crippen LogP contribution in [0.2, 0.25) is 0 Å². The van der Waals surface area contributed by atoms with Crippen LogP contribution in [0.4, 0.5) is 0 Å². The lowest BCUT2D eigenvalue weighted by Gasteiger charge is -2.38. The maximum Gasteiger partial charge on any atom is 0.335 e. The molecule has 0 unspecified atom stereocenters. The van der Waals surface area contributed by atoms with Crippen LogP contribution in [0.15, 0.2) is 39.5 Å². The number of phenolic OH excluding ortho intramolecular Hbond substituents is 2. The van der Waals surface area contributed by atoms with Gasteiger partial charge in [0.15, 0.2) is 23.4 Å². The van der Waals surface area contributed by atoms with Gasteiger partial charge in [-0.3, -0.25) is 4.79 Å². The lowest BCUT2D eigenvalue weighted by atomic mass is 9.99. The molecule has 35 heavy (non-hydrogen) atoms. The maximum atomic E-state index is 12.6. The van der Waals surface area contributed by atoms with Crippen LogP contribution < -0.4 is 14.9 Å².